The number of nitrogens with zero attached hydrogens (tertiary/aromatic N) is 5. The van der Waals surface area contributed by atoms with E-state index in [0.29, 0.717) is 18.4 Å². The Hall–Kier alpha value is -2.70. The average molecular weight is 337 g/mol. The molecule has 25 heavy (non-hydrogen) atoms. The van der Waals surface area contributed by atoms with Crippen LogP contribution in [-0.2, 0) is 6.54 Å². The van der Waals surface area contributed by atoms with Crippen LogP contribution in [0.25, 0.3) is 5.65 Å². The van der Waals surface area contributed by atoms with Crippen molar-refractivity contribution in [3.8, 4) is 0 Å². The highest BCUT2D eigenvalue weighted by atomic mass is 15.4. The SMILES string of the molecule is CC(C)CNc1cc(NCc2ccccn2)c2nnc(C3CC3)n2n1. The van der Waals surface area contributed by atoms with Crippen LogP contribution < -0.4 is 10.6 Å². The lowest BCUT2D eigenvalue weighted by Gasteiger charge is -2.12. The molecule has 0 aromatic carbocycles. The molecule has 2 N–H and O–H groups in total. The Balaban J connectivity index is 1.65. The predicted molar refractivity (Wildman–Crippen MR) is 97.6 cm³/mol. The molecule has 0 aliphatic heterocycles. The van der Waals surface area contributed by atoms with Crippen LogP contribution in [0.4, 0.5) is 11.5 Å². The third kappa shape index (κ3) is 3.55. The predicted octanol–water partition coefficient (Wildman–Crippen LogP) is 3.08. The number of rotatable bonds is 7. The molecule has 130 valence electrons. The molecule has 1 aliphatic rings. The van der Waals surface area contributed by atoms with Crippen molar-refractivity contribution in [3.05, 3.63) is 42.0 Å². The lowest BCUT2D eigenvalue weighted by atomic mass is 10.2. The summed E-state index contributed by atoms with van der Waals surface area (Å²) in [5.74, 6) is 2.84. The molecule has 7 nitrogen and oxygen atoms in total. The summed E-state index contributed by atoms with van der Waals surface area (Å²) in [4.78, 5) is 4.36. The molecule has 4 rings (SSSR count). The van der Waals surface area contributed by atoms with Gasteiger partial charge in [0, 0.05) is 24.7 Å². The van der Waals surface area contributed by atoms with E-state index >= 15 is 0 Å². The Morgan fingerprint density at radius 2 is 2.08 bits per heavy atom. The molecular weight excluding hydrogens is 314 g/mol. The summed E-state index contributed by atoms with van der Waals surface area (Å²) >= 11 is 0. The number of hydrogen-bond donors (Lipinski definition) is 2. The maximum atomic E-state index is 4.71. The van der Waals surface area contributed by atoms with Gasteiger partial charge in [-0.3, -0.25) is 4.98 Å². The third-order valence-corrected chi connectivity index (χ3v) is 4.21. The zero-order valence-corrected chi connectivity index (χ0v) is 14.6. The van der Waals surface area contributed by atoms with Gasteiger partial charge in [0.1, 0.15) is 5.82 Å². The van der Waals surface area contributed by atoms with Crippen molar-refractivity contribution in [3.63, 3.8) is 0 Å². The molecule has 0 amide bonds. The molecule has 0 bridgehead atoms. The first-order chi connectivity index (χ1) is 12.2. The van der Waals surface area contributed by atoms with E-state index in [9.17, 15) is 0 Å². The Bertz CT molecular complexity index is 852. The Morgan fingerprint density at radius 3 is 2.80 bits per heavy atom. The van der Waals surface area contributed by atoms with E-state index < -0.39 is 0 Å². The van der Waals surface area contributed by atoms with Crippen molar-refractivity contribution in [1.29, 1.82) is 0 Å². The van der Waals surface area contributed by atoms with Crippen molar-refractivity contribution >= 4 is 17.2 Å². The highest BCUT2D eigenvalue weighted by Gasteiger charge is 2.30. The number of anilines is 2. The number of fused-ring (bicyclic) bond motifs is 1. The lowest BCUT2D eigenvalue weighted by Crippen LogP contribution is -2.12. The zero-order chi connectivity index (χ0) is 17.2. The van der Waals surface area contributed by atoms with Crippen LogP contribution in [0.3, 0.4) is 0 Å². The molecule has 0 saturated heterocycles. The van der Waals surface area contributed by atoms with E-state index in [0.717, 1.165) is 35.2 Å². The van der Waals surface area contributed by atoms with E-state index in [1.54, 1.807) is 6.20 Å². The number of aromatic nitrogens is 5. The van der Waals surface area contributed by atoms with Crippen LogP contribution >= 0.6 is 0 Å². The van der Waals surface area contributed by atoms with Gasteiger partial charge in [-0.1, -0.05) is 19.9 Å². The summed E-state index contributed by atoms with van der Waals surface area (Å²) in [5, 5.41) is 20.3. The molecular formula is C18H23N7. The second-order valence-corrected chi connectivity index (χ2v) is 6.96. The molecule has 0 atom stereocenters. The van der Waals surface area contributed by atoms with E-state index in [-0.39, 0.29) is 0 Å². The minimum atomic E-state index is 0.492. The van der Waals surface area contributed by atoms with E-state index in [4.69, 9.17) is 5.10 Å². The summed E-state index contributed by atoms with van der Waals surface area (Å²) in [6.07, 6.45) is 4.14. The molecule has 3 heterocycles. The van der Waals surface area contributed by atoms with Crippen LogP contribution in [0.2, 0.25) is 0 Å². The summed E-state index contributed by atoms with van der Waals surface area (Å²) in [5.41, 5.74) is 2.68. The first kappa shape index (κ1) is 15.8. The Morgan fingerprint density at radius 1 is 1.20 bits per heavy atom. The van der Waals surface area contributed by atoms with Gasteiger partial charge >= 0.3 is 0 Å². The molecule has 1 aliphatic carbocycles. The van der Waals surface area contributed by atoms with E-state index in [1.807, 2.05) is 28.8 Å². The second-order valence-electron chi connectivity index (χ2n) is 6.96. The van der Waals surface area contributed by atoms with Gasteiger partial charge in [0.15, 0.2) is 5.82 Å². The van der Waals surface area contributed by atoms with Crippen molar-refractivity contribution in [1.82, 2.24) is 24.8 Å². The van der Waals surface area contributed by atoms with Crippen LogP contribution in [0.15, 0.2) is 30.5 Å². The Kier molecular flexibility index (Phi) is 4.21. The van der Waals surface area contributed by atoms with Gasteiger partial charge in [-0.25, -0.2) is 0 Å². The van der Waals surface area contributed by atoms with Gasteiger partial charge < -0.3 is 10.6 Å². The number of pyridine rings is 1. The highest BCUT2D eigenvalue weighted by Crippen LogP contribution is 2.39. The van der Waals surface area contributed by atoms with Crippen molar-refractivity contribution in [2.45, 2.75) is 39.2 Å². The minimum Gasteiger partial charge on any atom is -0.376 e. The van der Waals surface area contributed by atoms with Gasteiger partial charge in [0.2, 0.25) is 5.65 Å². The number of hydrogen-bond acceptors (Lipinski definition) is 6. The summed E-state index contributed by atoms with van der Waals surface area (Å²) < 4.78 is 1.89. The zero-order valence-electron chi connectivity index (χ0n) is 14.6. The lowest BCUT2D eigenvalue weighted by molar-refractivity contribution is 0.683. The average Bonchev–Trinajstić information content (AvgIpc) is 3.38. The first-order valence-corrected chi connectivity index (χ1v) is 8.84. The molecule has 0 radical (unpaired) electrons. The first-order valence-electron chi connectivity index (χ1n) is 8.84. The summed E-state index contributed by atoms with van der Waals surface area (Å²) in [6, 6.07) is 7.92. The molecule has 7 heteroatoms. The fourth-order valence-corrected chi connectivity index (χ4v) is 2.71. The van der Waals surface area contributed by atoms with Gasteiger partial charge in [0.25, 0.3) is 0 Å². The molecule has 1 fully saturated rings. The molecule has 3 aromatic heterocycles. The third-order valence-electron chi connectivity index (χ3n) is 4.21. The normalized spacial score (nSPS) is 14.2. The quantitative estimate of drug-likeness (QED) is 0.690. The van der Waals surface area contributed by atoms with E-state index in [2.05, 4.69) is 39.7 Å². The molecule has 0 unspecified atom stereocenters. The summed E-state index contributed by atoms with van der Waals surface area (Å²) in [6.45, 7) is 5.87. The Labute approximate surface area is 146 Å². The van der Waals surface area contributed by atoms with Gasteiger partial charge in [-0.05, 0) is 30.9 Å². The largest absolute Gasteiger partial charge is 0.376 e. The monoisotopic (exact) mass is 337 g/mol. The summed E-state index contributed by atoms with van der Waals surface area (Å²) in [7, 11) is 0. The van der Waals surface area contributed by atoms with E-state index in [1.165, 1.54) is 12.8 Å². The van der Waals surface area contributed by atoms with Gasteiger partial charge in [-0.2, -0.15) is 4.52 Å². The standard InChI is InChI=1S/C18H23N7/c1-12(2)10-21-16-9-15(20-11-14-5-3-4-8-19-14)18-23-22-17(13-6-7-13)25(18)24-16/h3-5,8-9,12-13,20H,6-7,10-11H2,1-2H3,(H,21,24). The highest BCUT2D eigenvalue weighted by molar-refractivity contribution is 5.70. The maximum Gasteiger partial charge on any atom is 0.201 e. The van der Waals surface area contributed by atoms with Crippen molar-refractivity contribution in [2.24, 2.45) is 5.92 Å². The topological polar surface area (TPSA) is 80.0 Å². The number of nitrogens with one attached hydrogen (secondary N) is 2. The van der Waals surface area contributed by atoms with Crippen molar-refractivity contribution < 1.29 is 0 Å². The van der Waals surface area contributed by atoms with Gasteiger partial charge in [-0.15, -0.1) is 15.3 Å². The van der Waals surface area contributed by atoms with Crippen LogP contribution in [0.1, 0.15) is 44.1 Å². The van der Waals surface area contributed by atoms with Gasteiger partial charge in [0.05, 0.1) is 17.9 Å². The maximum absolute atomic E-state index is 4.71. The van der Waals surface area contributed by atoms with Crippen LogP contribution in [-0.4, -0.2) is 31.3 Å². The van der Waals surface area contributed by atoms with Crippen molar-refractivity contribution in [2.75, 3.05) is 17.2 Å². The molecule has 3 aromatic rings. The van der Waals surface area contributed by atoms with Crippen LogP contribution in [0.5, 0.6) is 0 Å². The molecule has 1 saturated carbocycles. The molecule has 0 spiro atoms. The fourth-order valence-electron chi connectivity index (χ4n) is 2.71. The smallest absolute Gasteiger partial charge is 0.201 e. The fraction of sp³-hybridized carbons (Fsp3) is 0.444. The minimum absolute atomic E-state index is 0.492. The second kappa shape index (κ2) is 6.66. The van der Waals surface area contributed by atoms with Crippen LogP contribution in [0, 0.1) is 5.92 Å².